The van der Waals surface area contributed by atoms with Crippen molar-refractivity contribution in [3.8, 4) is 23.0 Å². The summed E-state index contributed by atoms with van der Waals surface area (Å²) in [5.74, 6) is 1.55. The second-order valence-corrected chi connectivity index (χ2v) is 5.64. The molecule has 144 valence electrons. The van der Waals surface area contributed by atoms with Gasteiger partial charge in [0, 0.05) is 5.56 Å². The van der Waals surface area contributed by atoms with Crippen LogP contribution in [0, 0.1) is 0 Å². The van der Waals surface area contributed by atoms with Crippen molar-refractivity contribution in [2.24, 2.45) is 5.10 Å². The van der Waals surface area contributed by atoms with Crippen molar-refractivity contribution in [3.63, 3.8) is 0 Å². The van der Waals surface area contributed by atoms with Gasteiger partial charge in [-0.25, -0.2) is 5.43 Å². The van der Waals surface area contributed by atoms with Gasteiger partial charge in [0.05, 0.1) is 39.2 Å². The van der Waals surface area contributed by atoms with E-state index in [1.807, 2.05) is 6.92 Å². The second-order valence-electron chi connectivity index (χ2n) is 5.24. The van der Waals surface area contributed by atoms with Crippen LogP contribution in [0.1, 0.15) is 22.8 Å². The molecule has 2 aromatic carbocycles. The first-order chi connectivity index (χ1) is 13.0. The fourth-order valence-electron chi connectivity index (χ4n) is 2.33. The summed E-state index contributed by atoms with van der Waals surface area (Å²) in [6.45, 7) is 2.32. The third-order valence-electron chi connectivity index (χ3n) is 3.56. The van der Waals surface area contributed by atoms with Gasteiger partial charge in [0.25, 0.3) is 5.91 Å². The van der Waals surface area contributed by atoms with Gasteiger partial charge in [0.15, 0.2) is 23.0 Å². The standard InChI is InChI=1S/C19H21ClN2O5/c1-5-27-17-9-12(8-14(20)18(17)26-4)11-21-22-19(23)13-6-7-15(24-2)16(10-13)25-3/h6-11H,5H2,1-4H3,(H,22,23)/b21-11+. The fourth-order valence-corrected chi connectivity index (χ4v) is 2.63. The molecular weight excluding hydrogens is 372 g/mol. The number of methoxy groups -OCH3 is 3. The zero-order valence-corrected chi connectivity index (χ0v) is 16.3. The van der Waals surface area contributed by atoms with Gasteiger partial charge in [0.2, 0.25) is 0 Å². The summed E-state index contributed by atoms with van der Waals surface area (Å²) in [6, 6.07) is 8.22. The molecule has 2 rings (SSSR count). The first-order valence-corrected chi connectivity index (χ1v) is 8.47. The summed E-state index contributed by atoms with van der Waals surface area (Å²) >= 11 is 6.19. The van der Waals surface area contributed by atoms with Crippen LogP contribution in [0.25, 0.3) is 0 Å². The number of amides is 1. The van der Waals surface area contributed by atoms with Crippen LogP contribution >= 0.6 is 11.6 Å². The maximum absolute atomic E-state index is 12.2. The van der Waals surface area contributed by atoms with Crippen molar-refractivity contribution in [3.05, 3.63) is 46.5 Å². The number of hydrazone groups is 1. The Bertz CT molecular complexity index is 839. The maximum atomic E-state index is 12.2. The molecule has 0 aliphatic carbocycles. The van der Waals surface area contributed by atoms with Gasteiger partial charge >= 0.3 is 0 Å². The van der Waals surface area contributed by atoms with Crippen molar-refractivity contribution < 1.29 is 23.7 Å². The lowest BCUT2D eigenvalue weighted by Crippen LogP contribution is -2.17. The highest BCUT2D eigenvalue weighted by molar-refractivity contribution is 6.32. The minimum atomic E-state index is -0.392. The van der Waals surface area contributed by atoms with E-state index in [0.717, 1.165) is 0 Å². The van der Waals surface area contributed by atoms with E-state index in [1.165, 1.54) is 27.5 Å². The Morgan fingerprint density at radius 1 is 1.07 bits per heavy atom. The van der Waals surface area contributed by atoms with Crippen LogP contribution in [-0.2, 0) is 0 Å². The molecule has 27 heavy (non-hydrogen) atoms. The fraction of sp³-hybridized carbons (Fsp3) is 0.263. The summed E-state index contributed by atoms with van der Waals surface area (Å²) in [7, 11) is 4.54. The molecule has 1 N–H and O–H groups in total. The van der Waals surface area contributed by atoms with Crippen molar-refractivity contribution in [1.82, 2.24) is 5.43 Å². The molecule has 0 aliphatic rings. The summed E-state index contributed by atoms with van der Waals surface area (Å²) in [4.78, 5) is 12.2. The molecule has 0 aliphatic heterocycles. The van der Waals surface area contributed by atoms with E-state index in [4.69, 9.17) is 30.5 Å². The van der Waals surface area contributed by atoms with E-state index in [0.29, 0.717) is 45.8 Å². The van der Waals surface area contributed by atoms with E-state index in [-0.39, 0.29) is 0 Å². The average Bonchev–Trinajstić information content (AvgIpc) is 2.67. The Balaban J connectivity index is 2.14. The quantitative estimate of drug-likeness (QED) is 0.549. The second kappa shape index (κ2) is 9.68. The molecule has 0 fully saturated rings. The molecule has 0 atom stereocenters. The Morgan fingerprint density at radius 3 is 2.44 bits per heavy atom. The van der Waals surface area contributed by atoms with Gasteiger partial charge in [-0.15, -0.1) is 0 Å². The molecule has 2 aromatic rings. The van der Waals surface area contributed by atoms with Gasteiger partial charge in [-0.1, -0.05) is 11.6 Å². The number of nitrogens with one attached hydrogen (secondary N) is 1. The normalized spacial score (nSPS) is 10.6. The molecular formula is C19H21ClN2O5. The predicted molar refractivity (Wildman–Crippen MR) is 104 cm³/mol. The molecule has 8 heteroatoms. The summed E-state index contributed by atoms with van der Waals surface area (Å²) in [5.41, 5.74) is 3.49. The number of ether oxygens (including phenoxy) is 4. The lowest BCUT2D eigenvalue weighted by molar-refractivity contribution is 0.0954. The van der Waals surface area contributed by atoms with Crippen LogP contribution < -0.4 is 24.4 Å². The molecule has 7 nitrogen and oxygen atoms in total. The molecule has 0 unspecified atom stereocenters. The van der Waals surface area contributed by atoms with E-state index in [9.17, 15) is 4.79 Å². The van der Waals surface area contributed by atoms with Crippen molar-refractivity contribution in [2.45, 2.75) is 6.92 Å². The summed E-state index contributed by atoms with van der Waals surface area (Å²) in [6.07, 6.45) is 1.46. The highest BCUT2D eigenvalue weighted by atomic mass is 35.5. The minimum absolute atomic E-state index is 0.382. The Labute approximate surface area is 162 Å². The molecule has 1 amide bonds. The number of hydrogen-bond acceptors (Lipinski definition) is 6. The average molecular weight is 393 g/mol. The molecule has 0 saturated carbocycles. The third-order valence-corrected chi connectivity index (χ3v) is 3.84. The molecule has 0 saturated heterocycles. The monoisotopic (exact) mass is 392 g/mol. The highest BCUT2D eigenvalue weighted by Crippen LogP contribution is 2.35. The smallest absolute Gasteiger partial charge is 0.271 e. The Hall–Kier alpha value is -2.93. The van der Waals surface area contributed by atoms with Gasteiger partial charge in [-0.05, 0) is 42.8 Å². The van der Waals surface area contributed by atoms with Gasteiger partial charge in [-0.3, -0.25) is 4.79 Å². The third kappa shape index (κ3) is 5.04. The summed E-state index contributed by atoms with van der Waals surface area (Å²) < 4.78 is 21.1. The largest absolute Gasteiger partial charge is 0.493 e. The van der Waals surface area contributed by atoms with Gasteiger partial charge < -0.3 is 18.9 Å². The SMILES string of the molecule is CCOc1cc(/C=N/NC(=O)c2ccc(OC)c(OC)c2)cc(Cl)c1OC. The zero-order valence-electron chi connectivity index (χ0n) is 15.5. The Morgan fingerprint density at radius 2 is 1.81 bits per heavy atom. The van der Waals surface area contributed by atoms with E-state index < -0.39 is 5.91 Å². The first kappa shape index (κ1) is 20.4. The zero-order chi connectivity index (χ0) is 19.8. The lowest BCUT2D eigenvalue weighted by atomic mass is 10.2. The number of nitrogens with zero attached hydrogens (tertiary/aromatic N) is 1. The van der Waals surface area contributed by atoms with Crippen LogP contribution in [-0.4, -0.2) is 40.1 Å². The number of hydrogen-bond donors (Lipinski definition) is 1. The molecule has 0 heterocycles. The molecule has 0 bridgehead atoms. The van der Waals surface area contributed by atoms with Crippen molar-refractivity contribution in [1.29, 1.82) is 0 Å². The first-order valence-electron chi connectivity index (χ1n) is 8.09. The maximum Gasteiger partial charge on any atom is 0.271 e. The van der Waals surface area contributed by atoms with Crippen LogP contribution in [0.5, 0.6) is 23.0 Å². The lowest BCUT2D eigenvalue weighted by Gasteiger charge is -2.11. The number of rotatable bonds is 8. The number of carbonyl (C=O) groups excluding carboxylic acids is 1. The Kier molecular flexibility index (Phi) is 7.31. The number of benzene rings is 2. The van der Waals surface area contributed by atoms with E-state index >= 15 is 0 Å². The number of carbonyl (C=O) groups is 1. The van der Waals surface area contributed by atoms with E-state index in [2.05, 4.69) is 10.5 Å². The molecule has 0 radical (unpaired) electrons. The predicted octanol–water partition coefficient (Wildman–Crippen LogP) is 3.53. The van der Waals surface area contributed by atoms with Crippen LogP contribution in [0.4, 0.5) is 0 Å². The highest BCUT2D eigenvalue weighted by Gasteiger charge is 2.12. The summed E-state index contributed by atoms with van der Waals surface area (Å²) in [5, 5.41) is 4.35. The van der Waals surface area contributed by atoms with Gasteiger partial charge in [0.1, 0.15) is 0 Å². The minimum Gasteiger partial charge on any atom is -0.493 e. The topological polar surface area (TPSA) is 78.4 Å². The van der Waals surface area contributed by atoms with Crippen LogP contribution in [0.15, 0.2) is 35.4 Å². The number of halogens is 1. The molecule has 0 aromatic heterocycles. The van der Waals surface area contributed by atoms with Crippen LogP contribution in [0.2, 0.25) is 5.02 Å². The molecule has 0 spiro atoms. The van der Waals surface area contributed by atoms with E-state index in [1.54, 1.807) is 30.3 Å². The van der Waals surface area contributed by atoms with Gasteiger partial charge in [-0.2, -0.15) is 5.10 Å². The van der Waals surface area contributed by atoms with Crippen molar-refractivity contribution >= 4 is 23.7 Å². The van der Waals surface area contributed by atoms with Crippen LogP contribution in [0.3, 0.4) is 0 Å². The van der Waals surface area contributed by atoms with Crippen molar-refractivity contribution in [2.75, 3.05) is 27.9 Å².